The quantitative estimate of drug-likeness (QED) is 0.875. The molecule has 0 saturated heterocycles. The van der Waals surface area contributed by atoms with E-state index < -0.39 is 15.8 Å². The van der Waals surface area contributed by atoms with Gasteiger partial charge in [0.05, 0.1) is 4.90 Å². The van der Waals surface area contributed by atoms with E-state index >= 15 is 0 Å². The van der Waals surface area contributed by atoms with Crippen LogP contribution in [0.4, 0.5) is 4.39 Å². The number of benzene rings is 1. The highest BCUT2D eigenvalue weighted by Crippen LogP contribution is 2.33. The molecule has 112 valence electrons. The summed E-state index contributed by atoms with van der Waals surface area (Å²) in [6, 6.07) is 2.86. The third-order valence-electron chi connectivity index (χ3n) is 3.53. The van der Waals surface area contributed by atoms with Crippen molar-refractivity contribution in [2.24, 2.45) is 5.73 Å². The van der Waals surface area contributed by atoms with Crippen LogP contribution in [-0.2, 0) is 16.6 Å². The van der Waals surface area contributed by atoms with Crippen LogP contribution in [0.2, 0.25) is 0 Å². The van der Waals surface area contributed by atoms with Crippen LogP contribution in [0, 0.1) is 12.7 Å². The van der Waals surface area contributed by atoms with Crippen molar-refractivity contribution in [3.05, 3.63) is 29.1 Å². The first kappa shape index (κ1) is 15.4. The molecule has 6 heteroatoms. The predicted octanol–water partition coefficient (Wildman–Crippen LogP) is 2.16. The number of nitrogens with zero attached hydrogens (tertiary/aromatic N) is 1. The van der Waals surface area contributed by atoms with Gasteiger partial charge in [0.1, 0.15) is 5.82 Å². The Hall–Kier alpha value is -0.980. The average molecular weight is 300 g/mol. The number of hydrogen-bond donors (Lipinski definition) is 1. The molecule has 1 fully saturated rings. The molecular weight excluding hydrogens is 279 g/mol. The van der Waals surface area contributed by atoms with Gasteiger partial charge in [0, 0.05) is 24.7 Å². The van der Waals surface area contributed by atoms with Crippen molar-refractivity contribution in [2.75, 3.05) is 6.54 Å². The van der Waals surface area contributed by atoms with Crippen LogP contribution in [0.5, 0.6) is 0 Å². The van der Waals surface area contributed by atoms with Crippen molar-refractivity contribution in [3.63, 3.8) is 0 Å². The van der Waals surface area contributed by atoms with Crippen molar-refractivity contribution in [3.8, 4) is 0 Å². The Bertz CT molecular complexity index is 597. The summed E-state index contributed by atoms with van der Waals surface area (Å²) < 4.78 is 40.7. The van der Waals surface area contributed by atoms with Crippen LogP contribution in [0.3, 0.4) is 0 Å². The SMILES string of the molecule is CCCN(C1CC1)S(=O)(=O)c1cc(C)c(F)c(CN)c1. The Balaban J connectivity index is 2.45. The Morgan fingerprint density at radius 2 is 2.05 bits per heavy atom. The smallest absolute Gasteiger partial charge is 0.243 e. The lowest BCUT2D eigenvalue weighted by Gasteiger charge is -2.22. The van der Waals surface area contributed by atoms with Crippen molar-refractivity contribution in [1.82, 2.24) is 4.31 Å². The van der Waals surface area contributed by atoms with Gasteiger partial charge in [-0.1, -0.05) is 6.92 Å². The van der Waals surface area contributed by atoms with E-state index in [9.17, 15) is 12.8 Å². The summed E-state index contributed by atoms with van der Waals surface area (Å²) in [5, 5.41) is 0. The average Bonchev–Trinajstić information content (AvgIpc) is 3.22. The molecule has 0 aromatic heterocycles. The first-order valence-corrected chi connectivity index (χ1v) is 8.36. The van der Waals surface area contributed by atoms with E-state index in [0.29, 0.717) is 12.1 Å². The van der Waals surface area contributed by atoms with E-state index in [1.807, 2.05) is 6.92 Å². The zero-order valence-corrected chi connectivity index (χ0v) is 12.7. The molecule has 4 nitrogen and oxygen atoms in total. The number of rotatable bonds is 6. The second kappa shape index (κ2) is 5.79. The molecule has 0 heterocycles. The molecule has 0 bridgehead atoms. The second-order valence-electron chi connectivity index (χ2n) is 5.26. The van der Waals surface area contributed by atoms with E-state index in [1.54, 1.807) is 11.2 Å². The summed E-state index contributed by atoms with van der Waals surface area (Å²) in [7, 11) is -3.56. The van der Waals surface area contributed by atoms with E-state index in [-0.39, 0.29) is 23.0 Å². The van der Waals surface area contributed by atoms with Gasteiger partial charge in [0.2, 0.25) is 10.0 Å². The Kier molecular flexibility index (Phi) is 4.46. The maximum atomic E-state index is 13.8. The van der Waals surface area contributed by atoms with Crippen LogP contribution in [-0.4, -0.2) is 25.3 Å². The molecule has 20 heavy (non-hydrogen) atoms. The predicted molar refractivity (Wildman–Crippen MR) is 76.2 cm³/mol. The van der Waals surface area contributed by atoms with Crippen LogP contribution >= 0.6 is 0 Å². The summed E-state index contributed by atoms with van der Waals surface area (Å²) in [4.78, 5) is 0.150. The Morgan fingerprint density at radius 1 is 1.40 bits per heavy atom. The summed E-state index contributed by atoms with van der Waals surface area (Å²) in [5.41, 5.74) is 6.05. The van der Waals surface area contributed by atoms with Crippen molar-refractivity contribution in [2.45, 2.75) is 50.6 Å². The first-order valence-electron chi connectivity index (χ1n) is 6.92. The molecule has 0 atom stereocenters. The number of aryl methyl sites for hydroxylation is 1. The van der Waals surface area contributed by atoms with E-state index in [4.69, 9.17) is 5.73 Å². The van der Waals surface area contributed by atoms with Gasteiger partial charge < -0.3 is 5.73 Å². The molecule has 2 rings (SSSR count). The number of sulfonamides is 1. The summed E-state index contributed by atoms with van der Waals surface area (Å²) in [6.07, 6.45) is 2.58. The summed E-state index contributed by atoms with van der Waals surface area (Å²) in [6.45, 7) is 4.01. The van der Waals surface area contributed by atoms with Gasteiger partial charge in [-0.15, -0.1) is 0 Å². The molecule has 0 spiro atoms. The fourth-order valence-electron chi connectivity index (χ4n) is 2.32. The number of hydrogen-bond acceptors (Lipinski definition) is 3. The van der Waals surface area contributed by atoms with Crippen LogP contribution in [0.25, 0.3) is 0 Å². The Morgan fingerprint density at radius 3 is 2.55 bits per heavy atom. The highest BCUT2D eigenvalue weighted by Gasteiger charge is 2.37. The lowest BCUT2D eigenvalue weighted by Crippen LogP contribution is -2.34. The van der Waals surface area contributed by atoms with Gasteiger partial charge in [-0.2, -0.15) is 4.31 Å². The normalized spacial score (nSPS) is 15.8. The molecular formula is C14H21FN2O2S. The largest absolute Gasteiger partial charge is 0.326 e. The minimum Gasteiger partial charge on any atom is -0.326 e. The fourth-order valence-corrected chi connectivity index (χ4v) is 4.24. The van der Waals surface area contributed by atoms with Gasteiger partial charge in [0.25, 0.3) is 0 Å². The minimum absolute atomic E-state index is 0.00671. The molecule has 0 aliphatic heterocycles. The van der Waals surface area contributed by atoms with Gasteiger partial charge >= 0.3 is 0 Å². The second-order valence-corrected chi connectivity index (χ2v) is 7.15. The van der Waals surface area contributed by atoms with Gasteiger partial charge in [0.15, 0.2) is 0 Å². The zero-order valence-electron chi connectivity index (χ0n) is 11.9. The Labute approximate surface area is 119 Å². The molecule has 1 aliphatic rings. The van der Waals surface area contributed by atoms with Crippen molar-refractivity contribution < 1.29 is 12.8 Å². The highest BCUT2D eigenvalue weighted by molar-refractivity contribution is 7.89. The van der Waals surface area contributed by atoms with Gasteiger partial charge in [-0.05, 0) is 43.9 Å². The van der Waals surface area contributed by atoms with Gasteiger partial charge in [-0.3, -0.25) is 0 Å². The maximum Gasteiger partial charge on any atom is 0.243 e. The molecule has 0 unspecified atom stereocenters. The third kappa shape index (κ3) is 2.87. The third-order valence-corrected chi connectivity index (χ3v) is 5.46. The fraction of sp³-hybridized carbons (Fsp3) is 0.571. The van der Waals surface area contributed by atoms with Crippen molar-refractivity contribution in [1.29, 1.82) is 0 Å². The summed E-state index contributed by atoms with van der Waals surface area (Å²) >= 11 is 0. The van der Waals surface area contributed by atoms with Gasteiger partial charge in [-0.25, -0.2) is 12.8 Å². The molecule has 2 N–H and O–H groups in total. The zero-order chi connectivity index (χ0) is 14.9. The highest BCUT2D eigenvalue weighted by atomic mass is 32.2. The van der Waals surface area contributed by atoms with E-state index in [1.165, 1.54) is 12.1 Å². The van der Waals surface area contributed by atoms with Crippen LogP contribution in [0.1, 0.15) is 37.3 Å². The lowest BCUT2D eigenvalue weighted by molar-refractivity contribution is 0.403. The monoisotopic (exact) mass is 300 g/mol. The molecule has 1 aliphatic carbocycles. The molecule has 0 radical (unpaired) electrons. The van der Waals surface area contributed by atoms with Crippen LogP contribution in [0.15, 0.2) is 17.0 Å². The lowest BCUT2D eigenvalue weighted by atomic mass is 10.1. The van der Waals surface area contributed by atoms with Crippen molar-refractivity contribution >= 4 is 10.0 Å². The molecule has 1 saturated carbocycles. The van der Waals surface area contributed by atoms with Crippen LogP contribution < -0.4 is 5.73 Å². The summed E-state index contributed by atoms with van der Waals surface area (Å²) in [5.74, 6) is -0.417. The maximum absolute atomic E-state index is 13.8. The topological polar surface area (TPSA) is 63.4 Å². The van der Waals surface area contributed by atoms with E-state index in [0.717, 1.165) is 19.3 Å². The molecule has 0 amide bonds. The first-order chi connectivity index (χ1) is 9.41. The molecule has 1 aromatic carbocycles. The standard InChI is InChI=1S/C14H21FN2O2S/c1-3-6-17(12-4-5-12)20(18,19)13-7-10(2)14(15)11(8-13)9-16/h7-8,12H,3-6,9,16H2,1-2H3. The van der Waals surface area contributed by atoms with E-state index in [2.05, 4.69) is 0 Å². The minimum atomic E-state index is -3.56. The number of nitrogens with two attached hydrogens (primary N) is 1. The molecule has 1 aromatic rings. The number of halogens is 1.